The minimum Gasteiger partial charge on any atom is -0.301 e. The summed E-state index contributed by atoms with van der Waals surface area (Å²) in [6, 6.07) is 15.5. The van der Waals surface area contributed by atoms with Gasteiger partial charge in [0.1, 0.15) is 11.1 Å². The number of benzene rings is 1. The van der Waals surface area contributed by atoms with E-state index in [0.717, 1.165) is 17.0 Å². The molecule has 0 saturated carbocycles. The van der Waals surface area contributed by atoms with Crippen molar-refractivity contribution >= 4 is 34.1 Å². The number of nitrogens with zero attached hydrogens (tertiary/aromatic N) is 3. The topological polar surface area (TPSA) is 78.7 Å². The van der Waals surface area contributed by atoms with E-state index in [1.807, 2.05) is 49.6 Å². The molecule has 0 aliphatic rings. The highest BCUT2D eigenvalue weighted by molar-refractivity contribution is 8.00. The lowest BCUT2D eigenvalue weighted by Gasteiger charge is -2.14. The van der Waals surface area contributed by atoms with E-state index in [1.165, 1.54) is 23.1 Å². The van der Waals surface area contributed by atoms with E-state index in [4.69, 9.17) is 0 Å². The largest absolute Gasteiger partial charge is 0.301 e. The molecule has 0 bridgehead atoms. The van der Waals surface area contributed by atoms with Gasteiger partial charge in [-0.3, -0.25) is 4.79 Å². The molecule has 0 aliphatic carbocycles. The zero-order chi connectivity index (χ0) is 19.2. The first-order chi connectivity index (χ1) is 13.1. The molecule has 3 rings (SSSR count). The maximum atomic E-state index is 12.7. The molecule has 1 amide bonds. The lowest BCUT2D eigenvalue weighted by Crippen LogP contribution is -2.24. The number of nitriles is 1. The van der Waals surface area contributed by atoms with Crippen LogP contribution in [0.15, 0.2) is 52.9 Å². The number of hydrogen-bond donors (Lipinski definition) is 1. The summed E-state index contributed by atoms with van der Waals surface area (Å²) in [5.74, 6) is -0.136. The number of rotatable bonds is 6. The van der Waals surface area contributed by atoms with Crippen LogP contribution in [0.4, 0.5) is 5.13 Å². The second-order valence-corrected chi connectivity index (χ2v) is 7.87. The number of nitrogens with one attached hydrogen (secondary N) is 1. The van der Waals surface area contributed by atoms with Crippen LogP contribution >= 0.6 is 23.1 Å². The molecule has 1 aromatic carbocycles. The molecule has 27 heavy (non-hydrogen) atoms. The Labute approximate surface area is 166 Å². The Morgan fingerprint density at radius 1 is 1.26 bits per heavy atom. The first-order valence-corrected chi connectivity index (χ1v) is 10.2. The summed E-state index contributed by atoms with van der Waals surface area (Å²) in [4.78, 5) is 21.6. The highest BCUT2D eigenvalue weighted by atomic mass is 32.2. The molecule has 0 spiro atoms. The third-order valence-corrected chi connectivity index (χ3v) is 5.97. The normalized spacial score (nSPS) is 11.6. The molecule has 1 atom stereocenters. The van der Waals surface area contributed by atoms with E-state index >= 15 is 0 Å². The van der Waals surface area contributed by atoms with Crippen molar-refractivity contribution < 1.29 is 4.79 Å². The Balaban J connectivity index is 1.72. The van der Waals surface area contributed by atoms with Gasteiger partial charge in [0, 0.05) is 16.6 Å². The molecular formula is C20H18N4OS2. The summed E-state index contributed by atoms with van der Waals surface area (Å²) >= 11 is 2.71. The van der Waals surface area contributed by atoms with E-state index in [1.54, 1.807) is 12.1 Å². The molecule has 136 valence electrons. The zero-order valence-corrected chi connectivity index (χ0v) is 16.6. The molecule has 3 aromatic rings. The first-order valence-electron chi connectivity index (χ1n) is 8.47. The second kappa shape index (κ2) is 8.80. The molecule has 5 nitrogen and oxygen atoms in total. The zero-order valence-electron chi connectivity index (χ0n) is 15.0. The lowest BCUT2D eigenvalue weighted by atomic mass is 10.2. The van der Waals surface area contributed by atoms with E-state index in [2.05, 4.69) is 21.4 Å². The third-order valence-electron chi connectivity index (χ3n) is 3.84. The minimum atomic E-state index is -0.351. The molecule has 1 unspecified atom stereocenters. The number of carbonyl (C=O) groups excluding carboxylic acids is 1. The van der Waals surface area contributed by atoms with Crippen LogP contribution in [0.25, 0.3) is 11.3 Å². The van der Waals surface area contributed by atoms with Crippen LogP contribution < -0.4 is 5.32 Å². The van der Waals surface area contributed by atoms with E-state index in [0.29, 0.717) is 22.1 Å². The van der Waals surface area contributed by atoms with E-state index < -0.39 is 0 Å². The Morgan fingerprint density at radius 2 is 2.04 bits per heavy atom. The number of anilines is 1. The Bertz CT molecular complexity index is 979. The quantitative estimate of drug-likeness (QED) is 0.602. The SMILES string of the molecule is CCC(Sc1nc(C)ccc1C#N)C(=O)Nc1nc(-c2ccccc2)cs1. The molecule has 0 saturated heterocycles. The van der Waals surface area contributed by atoms with Crippen LogP contribution in [-0.2, 0) is 4.79 Å². The van der Waals surface area contributed by atoms with Gasteiger partial charge in [-0.15, -0.1) is 11.3 Å². The minimum absolute atomic E-state index is 0.136. The summed E-state index contributed by atoms with van der Waals surface area (Å²) in [6.07, 6.45) is 0.619. The van der Waals surface area contributed by atoms with Gasteiger partial charge in [0.15, 0.2) is 5.13 Å². The molecule has 2 aromatic heterocycles. The van der Waals surface area contributed by atoms with Crippen molar-refractivity contribution in [2.75, 3.05) is 5.32 Å². The van der Waals surface area contributed by atoms with Gasteiger partial charge in [0.2, 0.25) is 5.91 Å². The summed E-state index contributed by atoms with van der Waals surface area (Å²) in [5.41, 5.74) is 3.15. The van der Waals surface area contributed by atoms with Gasteiger partial charge in [0.05, 0.1) is 16.5 Å². The van der Waals surface area contributed by atoms with Crippen LogP contribution in [0.1, 0.15) is 24.6 Å². The molecule has 0 radical (unpaired) electrons. The fraction of sp³-hybridized carbons (Fsp3) is 0.200. The fourth-order valence-electron chi connectivity index (χ4n) is 2.42. The predicted molar refractivity (Wildman–Crippen MR) is 110 cm³/mol. The van der Waals surface area contributed by atoms with E-state index in [-0.39, 0.29) is 11.2 Å². The number of carbonyl (C=O) groups is 1. The van der Waals surface area contributed by atoms with Gasteiger partial charge in [-0.1, -0.05) is 49.0 Å². The number of thioether (sulfide) groups is 1. The Kier molecular flexibility index (Phi) is 6.22. The summed E-state index contributed by atoms with van der Waals surface area (Å²) in [6.45, 7) is 3.81. The number of hydrogen-bond acceptors (Lipinski definition) is 6. The molecular weight excluding hydrogens is 376 g/mol. The smallest absolute Gasteiger partial charge is 0.239 e. The molecule has 2 heterocycles. The van der Waals surface area contributed by atoms with Crippen LogP contribution in [0.2, 0.25) is 0 Å². The van der Waals surface area contributed by atoms with Gasteiger partial charge in [-0.05, 0) is 25.5 Å². The number of aryl methyl sites for hydroxylation is 1. The molecule has 0 aliphatic heterocycles. The second-order valence-electron chi connectivity index (χ2n) is 5.83. The first kappa shape index (κ1) is 19.1. The van der Waals surface area contributed by atoms with Crippen molar-refractivity contribution in [3.8, 4) is 17.3 Å². The fourth-order valence-corrected chi connectivity index (χ4v) is 4.19. The van der Waals surface area contributed by atoms with Crippen molar-refractivity contribution in [1.29, 1.82) is 5.26 Å². The summed E-state index contributed by atoms with van der Waals surface area (Å²) in [7, 11) is 0. The summed E-state index contributed by atoms with van der Waals surface area (Å²) in [5, 5.41) is 14.9. The Morgan fingerprint density at radius 3 is 2.74 bits per heavy atom. The van der Waals surface area contributed by atoms with Gasteiger partial charge >= 0.3 is 0 Å². The van der Waals surface area contributed by atoms with Crippen molar-refractivity contribution in [3.05, 3.63) is 59.1 Å². The molecule has 1 N–H and O–H groups in total. The van der Waals surface area contributed by atoms with Crippen LogP contribution in [0.5, 0.6) is 0 Å². The number of aromatic nitrogens is 2. The Hall–Kier alpha value is -2.69. The van der Waals surface area contributed by atoms with Crippen LogP contribution in [0, 0.1) is 18.3 Å². The summed E-state index contributed by atoms with van der Waals surface area (Å²) < 4.78 is 0. The van der Waals surface area contributed by atoms with Crippen LogP contribution in [0.3, 0.4) is 0 Å². The average Bonchev–Trinajstić information content (AvgIpc) is 3.15. The van der Waals surface area contributed by atoms with Gasteiger partial charge < -0.3 is 5.32 Å². The van der Waals surface area contributed by atoms with Gasteiger partial charge in [-0.25, -0.2) is 9.97 Å². The molecule has 7 heteroatoms. The van der Waals surface area contributed by atoms with Crippen molar-refractivity contribution in [2.45, 2.75) is 30.5 Å². The predicted octanol–water partition coefficient (Wildman–Crippen LogP) is 4.89. The number of pyridine rings is 1. The number of amides is 1. The highest BCUT2D eigenvalue weighted by Gasteiger charge is 2.21. The standard InChI is InChI=1S/C20H18N4OS2/c1-3-17(27-19-15(11-21)10-9-13(2)22-19)18(25)24-20-23-16(12-26-20)14-7-5-4-6-8-14/h4-10,12,17H,3H2,1-2H3,(H,23,24,25). The van der Waals surface area contributed by atoms with Crippen molar-refractivity contribution in [2.24, 2.45) is 0 Å². The van der Waals surface area contributed by atoms with Crippen molar-refractivity contribution in [1.82, 2.24) is 9.97 Å². The van der Waals surface area contributed by atoms with E-state index in [9.17, 15) is 10.1 Å². The van der Waals surface area contributed by atoms with Gasteiger partial charge in [0.25, 0.3) is 0 Å². The lowest BCUT2D eigenvalue weighted by molar-refractivity contribution is -0.115. The van der Waals surface area contributed by atoms with Crippen LogP contribution in [-0.4, -0.2) is 21.1 Å². The van der Waals surface area contributed by atoms with Crippen molar-refractivity contribution in [3.63, 3.8) is 0 Å². The monoisotopic (exact) mass is 394 g/mol. The number of thiazole rings is 1. The van der Waals surface area contributed by atoms with Gasteiger partial charge in [-0.2, -0.15) is 5.26 Å². The highest BCUT2D eigenvalue weighted by Crippen LogP contribution is 2.29. The maximum Gasteiger partial charge on any atom is 0.239 e. The molecule has 0 fully saturated rings. The third kappa shape index (κ3) is 4.73. The maximum absolute atomic E-state index is 12.7. The average molecular weight is 395 g/mol.